The molecule has 0 aliphatic carbocycles. The van der Waals surface area contributed by atoms with Crippen LogP contribution >= 0.6 is 23.8 Å². The highest BCUT2D eigenvalue weighted by Crippen LogP contribution is 2.37. The number of thiocarbonyl (C=S) groups is 1. The van der Waals surface area contributed by atoms with E-state index in [0.29, 0.717) is 10.6 Å². The van der Waals surface area contributed by atoms with Crippen LogP contribution in [0.5, 0.6) is 0 Å². The molecule has 29 heavy (non-hydrogen) atoms. The molecule has 3 aromatic rings. The molecule has 0 unspecified atom stereocenters. The fourth-order valence-electron chi connectivity index (χ4n) is 2.94. The highest BCUT2D eigenvalue weighted by molar-refractivity contribution is 7.80. The number of carbonyl (C=O) groups is 1. The lowest BCUT2D eigenvalue weighted by molar-refractivity contribution is -0.137. The number of halogens is 4. The van der Waals surface area contributed by atoms with Gasteiger partial charge in [0.1, 0.15) is 11.5 Å². The van der Waals surface area contributed by atoms with Crippen LogP contribution in [0.4, 0.5) is 13.2 Å². The summed E-state index contributed by atoms with van der Waals surface area (Å²) in [5, 5.41) is 9.53. The number of carboxylic acids is 1. The lowest BCUT2D eigenvalue weighted by atomic mass is 10.0. The van der Waals surface area contributed by atoms with Gasteiger partial charge in [0.15, 0.2) is 0 Å². The zero-order valence-electron chi connectivity index (χ0n) is 15.0. The Bertz CT molecular complexity index is 1120. The predicted molar refractivity (Wildman–Crippen MR) is 109 cm³/mol. The van der Waals surface area contributed by atoms with Gasteiger partial charge in [-0.1, -0.05) is 54.2 Å². The molecule has 0 aliphatic rings. The number of hydrogen-bond acceptors (Lipinski definition) is 3. The van der Waals surface area contributed by atoms with Crippen molar-refractivity contribution in [3.05, 3.63) is 64.7 Å². The minimum Gasteiger partial charge on any atom is -0.480 e. The summed E-state index contributed by atoms with van der Waals surface area (Å²) in [4.78, 5) is 16.7. The van der Waals surface area contributed by atoms with Gasteiger partial charge in [-0.3, -0.25) is 4.79 Å². The van der Waals surface area contributed by atoms with Crippen LogP contribution < -0.4 is 0 Å². The molecule has 9 heteroatoms. The largest absolute Gasteiger partial charge is 0.480 e. The van der Waals surface area contributed by atoms with Gasteiger partial charge in [-0.15, -0.1) is 0 Å². The van der Waals surface area contributed by atoms with Crippen LogP contribution in [0.2, 0.25) is 5.02 Å². The molecular formula is C20H14ClF3N2O2S. The van der Waals surface area contributed by atoms with Crippen molar-refractivity contribution in [3.63, 3.8) is 0 Å². The summed E-state index contributed by atoms with van der Waals surface area (Å²) in [6.45, 7) is -0.400. The van der Waals surface area contributed by atoms with Gasteiger partial charge in [-0.2, -0.15) is 13.2 Å². The van der Waals surface area contributed by atoms with E-state index >= 15 is 0 Å². The second kappa shape index (κ2) is 7.96. The maximum absolute atomic E-state index is 13.6. The average molecular weight is 439 g/mol. The fraction of sp³-hybridized carbons (Fsp3) is 0.150. The van der Waals surface area contributed by atoms with Gasteiger partial charge < -0.3 is 10.0 Å². The highest BCUT2D eigenvalue weighted by Gasteiger charge is 2.34. The van der Waals surface area contributed by atoms with Crippen molar-refractivity contribution in [2.24, 2.45) is 0 Å². The molecule has 0 fully saturated rings. The molecule has 0 saturated carbocycles. The van der Waals surface area contributed by atoms with Crippen molar-refractivity contribution in [1.82, 2.24) is 9.88 Å². The third-order valence-corrected chi connectivity index (χ3v) is 5.11. The number of nitrogens with zero attached hydrogens (tertiary/aromatic N) is 2. The molecule has 4 nitrogen and oxygen atoms in total. The smallest absolute Gasteiger partial charge is 0.418 e. The first-order valence-corrected chi connectivity index (χ1v) is 9.11. The molecule has 1 heterocycles. The molecule has 0 atom stereocenters. The van der Waals surface area contributed by atoms with E-state index in [1.807, 2.05) is 0 Å². The highest BCUT2D eigenvalue weighted by atomic mass is 35.5. The van der Waals surface area contributed by atoms with E-state index in [9.17, 15) is 18.0 Å². The number of para-hydroxylation sites is 1. The molecule has 1 N–H and O–H groups in total. The number of carboxylic acid groups (broad SMARTS) is 1. The number of aromatic nitrogens is 1. The number of alkyl halides is 3. The van der Waals surface area contributed by atoms with Gasteiger partial charge in [0.25, 0.3) is 0 Å². The van der Waals surface area contributed by atoms with Crippen LogP contribution in [0.3, 0.4) is 0 Å². The maximum atomic E-state index is 13.6. The summed E-state index contributed by atoms with van der Waals surface area (Å²) in [7, 11) is 1.46. The van der Waals surface area contributed by atoms with Gasteiger partial charge in [0, 0.05) is 28.6 Å². The molecule has 0 spiro atoms. The fourth-order valence-corrected chi connectivity index (χ4v) is 3.41. The quantitative estimate of drug-likeness (QED) is 0.563. The molecule has 0 radical (unpaired) electrons. The summed E-state index contributed by atoms with van der Waals surface area (Å²) in [5.74, 6) is -1.12. The van der Waals surface area contributed by atoms with E-state index < -0.39 is 24.3 Å². The van der Waals surface area contributed by atoms with Crippen LogP contribution in [0.25, 0.3) is 22.2 Å². The van der Waals surface area contributed by atoms with Crippen molar-refractivity contribution in [2.45, 2.75) is 6.18 Å². The third-order valence-electron chi connectivity index (χ3n) is 4.24. The first-order chi connectivity index (χ1) is 13.6. The molecule has 1 aromatic heterocycles. The number of likely N-dealkylation sites (N-methyl/N-ethyl adjacent to an activating group) is 1. The molecule has 2 aromatic carbocycles. The standard InChI is InChI=1S/C20H14ClF3N2O2S/c1-26(10-17(27)28)19(29)13-9-16(12-5-2-3-8-15(12)21)25-18-11(13)6-4-7-14(18)20(22,23)24/h2-9H,10H2,1H3,(H,27,28). The zero-order valence-corrected chi connectivity index (χ0v) is 16.6. The van der Waals surface area contributed by atoms with Crippen molar-refractivity contribution < 1.29 is 23.1 Å². The molecule has 0 aliphatic heterocycles. The maximum Gasteiger partial charge on any atom is 0.418 e. The third kappa shape index (κ3) is 4.33. The van der Waals surface area contributed by atoms with E-state index in [1.165, 1.54) is 30.1 Å². The Kier molecular flexibility index (Phi) is 5.77. The minimum absolute atomic E-state index is 0.0902. The molecule has 0 bridgehead atoms. The Labute approximate surface area is 174 Å². The Morgan fingerprint density at radius 3 is 2.52 bits per heavy atom. The second-order valence-corrected chi connectivity index (χ2v) is 7.08. The minimum atomic E-state index is -4.63. The summed E-state index contributed by atoms with van der Waals surface area (Å²) < 4.78 is 40.8. The SMILES string of the molecule is CN(CC(=O)O)C(=S)c1cc(-c2ccccc2Cl)nc2c(C(F)(F)F)cccc12. The van der Waals surface area contributed by atoms with Crippen molar-refractivity contribution in [1.29, 1.82) is 0 Å². The number of aliphatic carboxylic acids is 1. The predicted octanol–water partition coefficient (Wildman–Crippen LogP) is 5.27. The van der Waals surface area contributed by atoms with Gasteiger partial charge >= 0.3 is 12.1 Å². The van der Waals surface area contributed by atoms with Crippen molar-refractivity contribution in [2.75, 3.05) is 13.6 Å². The molecular weight excluding hydrogens is 425 g/mol. The number of pyridine rings is 1. The van der Waals surface area contributed by atoms with Crippen LogP contribution in [-0.4, -0.2) is 39.5 Å². The average Bonchev–Trinajstić information content (AvgIpc) is 2.65. The van der Waals surface area contributed by atoms with Gasteiger partial charge in [-0.05, 0) is 18.2 Å². The topological polar surface area (TPSA) is 53.4 Å². The van der Waals surface area contributed by atoms with E-state index in [-0.39, 0.29) is 27.1 Å². The number of hydrogen-bond donors (Lipinski definition) is 1. The lowest BCUT2D eigenvalue weighted by Gasteiger charge is -2.21. The Morgan fingerprint density at radius 2 is 1.90 bits per heavy atom. The van der Waals surface area contributed by atoms with Crippen LogP contribution in [-0.2, 0) is 11.0 Å². The number of benzene rings is 2. The van der Waals surface area contributed by atoms with E-state index in [4.69, 9.17) is 28.9 Å². The van der Waals surface area contributed by atoms with E-state index in [2.05, 4.69) is 4.98 Å². The van der Waals surface area contributed by atoms with Crippen molar-refractivity contribution >= 4 is 45.7 Å². The first-order valence-electron chi connectivity index (χ1n) is 8.32. The summed E-state index contributed by atoms with van der Waals surface area (Å²) in [5.41, 5.74) is -0.263. The Morgan fingerprint density at radius 1 is 1.21 bits per heavy atom. The second-order valence-electron chi connectivity index (χ2n) is 6.29. The molecule has 3 rings (SSSR count). The lowest BCUT2D eigenvalue weighted by Crippen LogP contribution is -2.31. The van der Waals surface area contributed by atoms with Gasteiger partial charge in [-0.25, -0.2) is 4.98 Å². The Balaban J connectivity index is 2.33. The van der Waals surface area contributed by atoms with Gasteiger partial charge in [0.2, 0.25) is 0 Å². The van der Waals surface area contributed by atoms with Crippen LogP contribution in [0, 0.1) is 0 Å². The van der Waals surface area contributed by atoms with Crippen LogP contribution in [0.15, 0.2) is 48.5 Å². The molecule has 0 amide bonds. The number of rotatable bonds is 4. The normalized spacial score (nSPS) is 11.5. The summed E-state index contributed by atoms with van der Waals surface area (Å²) in [6.07, 6.45) is -4.63. The van der Waals surface area contributed by atoms with Crippen molar-refractivity contribution in [3.8, 4) is 11.3 Å². The summed E-state index contributed by atoms with van der Waals surface area (Å²) >= 11 is 11.6. The van der Waals surface area contributed by atoms with Crippen LogP contribution in [0.1, 0.15) is 11.1 Å². The Hall–Kier alpha value is -2.71. The first kappa shape index (κ1) is 21.0. The molecule has 150 valence electrons. The summed E-state index contributed by atoms with van der Waals surface area (Å²) in [6, 6.07) is 11.9. The van der Waals surface area contributed by atoms with E-state index in [0.717, 1.165) is 6.07 Å². The van der Waals surface area contributed by atoms with Gasteiger partial charge in [0.05, 0.1) is 16.8 Å². The molecule has 0 saturated heterocycles. The zero-order chi connectivity index (χ0) is 21.3. The number of fused-ring (bicyclic) bond motifs is 1. The van der Waals surface area contributed by atoms with E-state index in [1.54, 1.807) is 24.3 Å². The monoisotopic (exact) mass is 438 g/mol.